The van der Waals surface area contributed by atoms with Gasteiger partial charge in [0.15, 0.2) is 0 Å². The zero-order chi connectivity index (χ0) is 14.5. The Bertz CT molecular complexity index is 586. The van der Waals surface area contributed by atoms with Gasteiger partial charge >= 0.3 is 0 Å². The van der Waals surface area contributed by atoms with Crippen LogP contribution in [-0.4, -0.2) is 18.6 Å². The fourth-order valence-corrected chi connectivity index (χ4v) is 2.42. The first kappa shape index (κ1) is 14.8. The molecule has 0 aliphatic heterocycles. The summed E-state index contributed by atoms with van der Waals surface area (Å²) in [5.74, 6) is 0.688. The molecule has 20 heavy (non-hydrogen) atoms. The van der Waals surface area contributed by atoms with Gasteiger partial charge in [0, 0.05) is 12.4 Å². The molecule has 1 heterocycles. The molecule has 2 aromatic rings. The van der Waals surface area contributed by atoms with E-state index in [-0.39, 0.29) is 6.04 Å². The third-order valence-corrected chi connectivity index (χ3v) is 3.46. The predicted octanol–water partition coefficient (Wildman–Crippen LogP) is 3.75. The van der Waals surface area contributed by atoms with Crippen LogP contribution < -0.4 is 10.1 Å². The van der Waals surface area contributed by atoms with Crippen molar-refractivity contribution in [3.05, 3.63) is 58.4 Å². The molecule has 1 aromatic heterocycles. The first-order chi connectivity index (χ1) is 9.65. The molecular formula is C16H19ClN2O. The quantitative estimate of drug-likeness (QED) is 0.910. The minimum absolute atomic E-state index is 0.0820. The van der Waals surface area contributed by atoms with Gasteiger partial charge in [-0.1, -0.05) is 30.7 Å². The van der Waals surface area contributed by atoms with Crippen LogP contribution in [0.15, 0.2) is 36.7 Å². The number of rotatable bonds is 5. The molecule has 0 fully saturated rings. The Balaban J connectivity index is 2.42. The standard InChI is InChI=1S/C16H19ClN2O/c1-4-19-16(13-7-11(2)9-18-10-13)12-5-6-14(17)15(8-12)20-3/h5-10,16,19H,4H2,1-3H3. The van der Waals surface area contributed by atoms with Crippen LogP contribution in [0.25, 0.3) is 0 Å². The maximum Gasteiger partial charge on any atom is 0.137 e. The minimum atomic E-state index is 0.0820. The third-order valence-electron chi connectivity index (χ3n) is 3.15. The van der Waals surface area contributed by atoms with Gasteiger partial charge in [-0.05, 0) is 42.3 Å². The van der Waals surface area contributed by atoms with Crippen LogP contribution in [-0.2, 0) is 0 Å². The predicted molar refractivity (Wildman–Crippen MR) is 82.5 cm³/mol. The van der Waals surface area contributed by atoms with Gasteiger partial charge in [-0.2, -0.15) is 0 Å². The van der Waals surface area contributed by atoms with Crippen molar-refractivity contribution in [2.45, 2.75) is 19.9 Å². The number of hydrogen-bond acceptors (Lipinski definition) is 3. The molecule has 0 bridgehead atoms. The molecule has 1 aromatic carbocycles. The van der Waals surface area contributed by atoms with Gasteiger partial charge in [-0.15, -0.1) is 0 Å². The zero-order valence-electron chi connectivity index (χ0n) is 12.0. The fraction of sp³-hybridized carbons (Fsp3) is 0.312. The van der Waals surface area contributed by atoms with Crippen molar-refractivity contribution in [2.75, 3.05) is 13.7 Å². The van der Waals surface area contributed by atoms with Crippen molar-refractivity contribution in [3.8, 4) is 5.75 Å². The summed E-state index contributed by atoms with van der Waals surface area (Å²) in [4.78, 5) is 4.28. The number of aryl methyl sites for hydroxylation is 1. The van der Waals surface area contributed by atoms with E-state index in [9.17, 15) is 0 Å². The van der Waals surface area contributed by atoms with E-state index in [4.69, 9.17) is 16.3 Å². The first-order valence-corrected chi connectivity index (χ1v) is 7.02. The van der Waals surface area contributed by atoms with Gasteiger partial charge < -0.3 is 10.1 Å². The van der Waals surface area contributed by atoms with E-state index < -0.39 is 0 Å². The molecule has 1 N–H and O–H groups in total. The number of ether oxygens (including phenoxy) is 1. The van der Waals surface area contributed by atoms with Gasteiger partial charge in [0.2, 0.25) is 0 Å². The minimum Gasteiger partial charge on any atom is -0.495 e. The molecule has 2 rings (SSSR count). The average molecular weight is 291 g/mol. The molecule has 0 amide bonds. The van der Waals surface area contributed by atoms with Crippen LogP contribution in [0.1, 0.15) is 29.7 Å². The summed E-state index contributed by atoms with van der Waals surface area (Å²) in [6.07, 6.45) is 3.75. The maximum atomic E-state index is 6.09. The Labute approximate surface area is 124 Å². The summed E-state index contributed by atoms with van der Waals surface area (Å²) in [7, 11) is 1.63. The van der Waals surface area contributed by atoms with Crippen LogP contribution in [0.5, 0.6) is 5.75 Å². The Hall–Kier alpha value is -1.58. The van der Waals surface area contributed by atoms with E-state index in [0.717, 1.165) is 23.2 Å². The second kappa shape index (κ2) is 6.73. The Kier molecular flexibility index (Phi) is 4.99. The molecule has 106 valence electrons. The highest BCUT2D eigenvalue weighted by atomic mass is 35.5. The van der Waals surface area contributed by atoms with Crippen molar-refractivity contribution in [2.24, 2.45) is 0 Å². The summed E-state index contributed by atoms with van der Waals surface area (Å²) in [6.45, 7) is 4.99. The van der Waals surface area contributed by atoms with E-state index in [1.165, 1.54) is 0 Å². The number of aromatic nitrogens is 1. The number of nitrogens with one attached hydrogen (secondary N) is 1. The molecule has 0 saturated heterocycles. The van der Waals surface area contributed by atoms with E-state index >= 15 is 0 Å². The number of nitrogens with zero attached hydrogens (tertiary/aromatic N) is 1. The number of methoxy groups -OCH3 is 1. The van der Waals surface area contributed by atoms with Gasteiger partial charge in [-0.25, -0.2) is 0 Å². The summed E-state index contributed by atoms with van der Waals surface area (Å²) in [5.41, 5.74) is 3.39. The van der Waals surface area contributed by atoms with Crippen molar-refractivity contribution in [3.63, 3.8) is 0 Å². The molecule has 0 radical (unpaired) electrons. The Morgan fingerprint density at radius 1 is 1.25 bits per heavy atom. The highest BCUT2D eigenvalue weighted by Gasteiger charge is 2.15. The Morgan fingerprint density at radius 3 is 2.70 bits per heavy atom. The van der Waals surface area contributed by atoms with E-state index in [0.29, 0.717) is 10.8 Å². The van der Waals surface area contributed by atoms with Crippen molar-refractivity contribution in [1.82, 2.24) is 10.3 Å². The lowest BCUT2D eigenvalue weighted by molar-refractivity contribution is 0.414. The van der Waals surface area contributed by atoms with E-state index in [1.807, 2.05) is 37.5 Å². The summed E-state index contributed by atoms with van der Waals surface area (Å²) in [5, 5.41) is 4.09. The number of halogens is 1. The molecule has 1 unspecified atom stereocenters. The third kappa shape index (κ3) is 3.30. The monoisotopic (exact) mass is 290 g/mol. The smallest absolute Gasteiger partial charge is 0.137 e. The lowest BCUT2D eigenvalue weighted by atomic mass is 9.99. The van der Waals surface area contributed by atoms with Crippen LogP contribution in [0.4, 0.5) is 0 Å². The van der Waals surface area contributed by atoms with Crippen molar-refractivity contribution < 1.29 is 4.74 Å². The molecule has 4 heteroatoms. The molecule has 3 nitrogen and oxygen atoms in total. The molecule has 0 aliphatic carbocycles. The first-order valence-electron chi connectivity index (χ1n) is 6.64. The SMILES string of the molecule is CCNC(c1cncc(C)c1)c1ccc(Cl)c(OC)c1. The molecule has 0 aliphatic rings. The fourth-order valence-electron chi connectivity index (χ4n) is 2.22. The lowest BCUT2D eigenvalue weighted by Gasteiger charge is -2.20. The second-order valence-electron chi connectivity index (χ2n) is 4.68. The van der Waals surface area contributed by atoms with Gasteiger partial charge in [-0.3, -0.25) is 4.98 Å². The highest BCUT2D eigenvalue weighted by molar-refractivity contribution is 6.32. The Morgan fingerprint density at radius 2 is 2.05 bits per heavy atom. The van der Waals surface area contributed by atoms with Gasteiger partial charge in [0.1, 0.15) is 5.75 Å². The van der Waals surface area contributed by atoms with E-state index in [1.54, 1.807) is 7.11 Å². The summed E-state index contributed by atoms with van der Waals surface area (Å²) in [6, 6.07) is 8.07. The number of benzene rings is 1. The molecular weight excluding hydrogens is 272 g/mol. The average Bonchev–Trinajstić information content (AvgIpc) is 2.45. The van der Waals surface area contributed by atoms with Crippen LogP contribution in [0.2, 0.25) is 5.02 Å². The van der Waals surface area contributed by atoms with E-state index in [2.05, 4.69) is 23.3 Å². The maximum absolute atomic E-state index is 6.09. The van der Waals surface area contributed by atoms with Crippen LogP contribution in [0, 0.1) is 6.92 Å². The van der Waals surface area contributed by atoms with Gasteiger partial charge in [0.25, 0.3) is 0 Å². The van der Waals surface area contributed by atoms with Crippen molar-refractivity contribution >= 4 is 11.6 Å². The summed E-state index contributed by atoms with van der Waals surface area (Å²) < 4.78 is 5.30. The molecule has 0 spiro atoms. The molecule has 0 saturated carbocycles. The van der Waals surface area contributed by atoms with Crippen molar-refractivity contribution in [1.29, 1.82) is 0 Å². The zero-order valence-corrected chi connectivity index (χ0v) is 12.7. The second-order valence-corrected chi connectivity index (χ2v) is 5.09. The number of hydrogen-bond donors (Lipinski definition) is 1. The highest BCUT2D eigenvalue weighted by Crippen LogP contribution is 2.30. The van der Waals surface area contributed by atoms with Crippen LogP contribution in [0.3, 0.4) is 0 Å². The topological polar surface area (TPSA) is 34.2 Å². The largest absolute Gasteiger partial charge is 0.495 e. The molecule has 1 atom stereocenters. The lowest BCUT2D eigenvalue weighted by Crippen LogP contribution is -2.22. The normalized spacial score (nSPS) is 12.2. The van der Waals surface area contributed by atoms with Gasteiger partial charge in [0.05, 0.1) is 18.2 Å². The number of pyridine rings is 1. The van der Waals surface area contributed by atoms with Crippen LogP contribution >= 0.6 is 11.6 Å². The summed E-state index contributed by atoms with van der Waals surface area (Å²) >= 11 is 6.09.